The Morgan fingerprint density at radius 1 is 1.10 bits per heavy atom. The molecule has 31 heavy (non-hydrogen) atoms. The van der Waals surface area contributed by atoms with E-state index in [4.69, 9.17) is 4.42 Å². The van der Waals surface area contributed by atoms with Crippen LogP contribution in [0.15, 0.2) is 76.2 Å². The molecule has 0 bridgehead atoms. The zero-order valence-electron chi connectivity index (χ0n) is 16.6. The van der Waals surface area contributed by atoms with Gasteiger partial charge in [0.2, 0.25) is 5.91 Å². The van der Waals surface area contributed by atoms with Crippen LogP contribution in [0.1, 0.15) is 5.56 Å². The van der Waals surface area contributed by atoms with E-state index >= 15 is 0 Å². The molecule has 2 aromatic heterocycles. The zero-order valence-corrected chi connectivity index (χ0v) is 16.6. The van der Waals surface area contributed by atoms with Crippen LogP contribution < -0.4 is 5.63 Å². The summed E-state index contributed by atoms with van der Waals surface area (Å²) >= 11 is 0. The maximum Gasteiger partial charge on any atom is 0.347 e. The summed E-state index contributed by atoms with van der Waals surface area (Å²) in [5.41, 5.74) is 1.12. The highest BCUT2D eigenvalue weighted by atomic mass is 19.1. The molecule has 8 heteroatoms. The fourth-order valence-electron chi connectivity index (χ4n) is 3.85. The second-order valence-electron chi connectivity index (χ2n) is 7.44. The standard InChI is InChI=1S/C23H19FN4O3/c24-19-8-3-1-6-16(19)13-26-10-5-11-27(15-26)21(29)14-28-22-17-7-2-4-9-20(17)31-23(30)18(22)12-25-28/h1-9,11-12H,10,13-15H2. The lowest BCUT2D eigenvalue weighted by Gasteiger charge is -2.31. The number of carbonyl (C=O) groups excluding carboxylic acids is 1. The Balaban J connectivity index is 1.38. The number of hydrogen-bond acceptors (Lipinski definition) is 5. The Labute approximate surface area is 176 Å². The Bertz CT molecular complexity index is 1370. The topological polar surface area (TPSA) is 71.6 Å². The number of nitrogens with zero attached hydrogens (tertiary/aromatic N) is 4. The summed E-state index contributed by atoms with van der Waals surface area (Å²) < 4.78 is 20.9. The average molecular weight is 418 g/mol. The van der Waals surface area contributed by atoms with Crippen molar-refractivity contribution < 1.29 is 13.6 Å². The summed E-state index contributed by atoms with van der Waals surface area (Å²) in [7, 11) is 0. The average Bonchev–Trinajstić information content (AvgIpc) is 3.20. The molecule has 156 valence electrons. The third kappa shape index (κ3) is 3.62. The minimum absolute atomic E-state index is 0.0329. The predicted molar refractivity (Wildman–Crippen MR) is 113 cm³/mol. The number of benzene rings is 2. The van der Waals surface area contributed by atoms with Crippen LogP contribution in [0, 0.1) is 5.82 Å². The third-order valence-electron chi connectivity index (χ3n) is 5.36. The summed E-state index contributed by atoms with van der Waals surface area (Å²) in [5.74, 6) is -0.444. The van der Waals surface area contributed by atoms with E-state index in [1.165, 1.54) is 16.9 Å². The summed E-state index contributed by atoms with van der Waals surface area (Å²) in [6.45, 7) is 1.33. The molecule has 0 aliphatic carbocycles. The van der Waals surface area contributed by atoms with E-state index in [1.54, 1.807) is 41.4 Å². The summed E-state index contributed by atoms with van der Waals surface area (Å²) in [4.78, 5) is 28.8. The molecule has 1 aliphatic rings. The molecular formula is C23H19FN4O3. The van der Waals surface area contributed by atoms with Crippen molar-refractivity contribution in [3.8, 4) is 0 Å². The molecule has 2 aromatic carbocycles. The van der Waals surface area contributed by atoms with Gasteiger partial charge < -0.3 is 9.32 Å². The number of halogens is 1. The van der Waals surface area contributed by atoms with E-state index in [1.807, 2.05) is 23.1 Å². The van der Waals surface area contributed by atoms with Crippen molar-refractivity contribution in [3.05, 3.63) is 88.8 Å². The maximum atomic E-state index is 14.0. The van der Waals surface area contributed by atoms with Crippen molar-refractivity contribution in [1.82, 2.24) is 19.6 Å². The number of hydrogen-bond donors (Lipinski definition) is 0. The maximum absolute atomic E-state index is 14.0. The molecule has 3 heterocycles. The molecule has 0 fully saturated rings. The minimum atomic E-state index is -0.485. The summed E-state index contributed by atoms with van der Waals surface area (Å²) in [6, 6.07) is 13.8. The first-order valence-electron chi connectivity index (χ1n) is 9.89. The largest absolute Gasteiger partial charge is 0.422 e. The number of aromatic nitrogens is 2. The molecule has 0 saturated heterocycles. The van der Waals surface area contributed by atoms with Crippen molar-refractivity contribution in [3.63, 3.8) is 0 Å². The van der Waals surface area contributed by atoms with Gasteiger partial charge in [0.15, 0.2) is 0 Å². The Morgan fingerprint density at radius 2 is 1.90 bits per heavy atom. The lowest BCUT2D eigenvalue weighted by atomic mass is 10.2. The van der Waals surface area contributed by atoms with Crippen LogP contribution in [0.5, 0.6) is 0 Å². The molecule has 0 saturated carbocycles. The van der Waals surface area contributed by atoms with Crippen LogP contribution in [-0.4, -0.2) is 38.7 Å². The van der Waals surface area contributed by atoms with Gasteiger partial charge in [-0.25, -0.2) is 9.18 Å². The third-order valence-corrected chi connectivity index (χ3v) is 5.36. The molecule has 7 nitrogen and oxygen atoms in total. The molecule has 4 aromatic rings. The van der Waals surface area contributed by atoms with Crippen molar-refractivity contribution in [2.75, 3.05) is 13.2 Å². The Hall–Kier alpha value is -3.78. The van der Waals surface area contributed by atoms with Crippen LogP contribution in [0.4, 0.5) is 4.39 Å². The molecule has 5 rings (SSSR count). The molecule has 0 spiro atoms. The quantitative estimate of drug-likeness (QED) is 0.477. The van der Waals surface area contributed by atoms with Crippen LogP contribution in [0.2, 0.25) is 0 Å². The number of carbonyl (C=O) groups is 1. The van der Waals surface area contributed by atoms with Gasteiger partial charge in [0.25, 0.3) is 0 Å². The molecule has 1 aliphatic heterocycles. The SMILES string of the molecule is O=C(Cn1ncc2c(=O)oc3ccccc3c21)N1C=CCN(Cc2ccccc2F)C1. The van der Waals surface area contributed by atoms with Crippen LogP contribution >= 0.6 is 0 Å². The monoisotopic (exact) mass is 418 g/mol. The number of amides is 1. The van der Waals surface area contributed by atoms with Crippen molar-refractivity contribution >= 4 is 27.8 Å². The van der Waals surface area contributed by atoms with E-state index in [-0.39, 0.29) is 18.3 Å². The predicted octanol–water partition coefficient (Wildman–Crippen LogP) is 3.10. The van der Waals surface area contributed by atoms with Gasteiger partial charge in [0.05, 0.1) is 18.4 Å². The van der Waals surface area contributed by atoms with Gasteiger partial charge in [-0.05, 0) is 18.2 Å². The van der Waals surface area contributed by atoms with Gasteiger partial charge in [0, 0.05) is 30.2 Å². The van der Waals surface area contributed by atoms with Gasteiger partial charge in [-0.1, -0.05) is 36.4 Å². The van der Waals surface area contributed by atoms with E-state index in [2.05, 4.69) is 5.10 Å². The highest BCUT2D eigenvalue weighted by Crippen LogP contribution is 2.22. The van der Waals surface area contributed by atoms with Gasteiger partial charge >= 0.3 is 5.63 Å². The van der Waals surface area contributed by atoms with Crippen LogP contribution in [0.25, 0.3) is 21.9 Å². The Kier molecular flexibility index (Phi) is 4.83. The normalized spacial score (nSPS) is 14.5. The summed E-state index contributed by atoms with van der Waals surface area (Å²) in [6.07, 6.45) is 5.03. The highest BCUT2D eigenvalue weighted by Gasteiger charge is 2.21. The van der Waals surface area contributed by atoms with Crippen LogP contribution in [-0.2, 0) is 17.9 Å². The van der Waals surface area contributed by atoms with Crippen molar-refractivity contribution in [2.24, 2.45) is 0 Å². The fourth-order valence-corrected chi connectivity index (χ4v) is 3.85. The van der Waals surface area contributed by atoms with E-state index in [0.29, 0.717) is 41.8 Å². The smallest absolute Gasteiger partial charge is 0.347 e. The number of fused-ring (bicyclic) bond motifs is 3. The van der Waals surface area contributed by atoms with Gasteiger partial charge in [-0.3, -0.25) is 14.4 Å². The second kappa shape index (κ2) is 7.81. The van der Waals surface area contributed by atoms with Gasteiger partial charge in [0.1, 0.15) is 23.3 Å². The lowest BCUT2D eigenvalue weighted by Crippen LogP contribution is -2.42. The van der Waals surface area contributed by atoms with Gasteiger partial charge in [-0.15, -0.1) is 0 Å². The first-order valence-corrected chi connectivity index (χ1v) is 9.89. The van der Waals surface area contributed by atoms with E-state index < -0.39 is 5.63 Å². The molecule has 1 amide bonds. The van der Waals surface area contributed by atoms with Crippen molar-refractivity contribution in [2.45, 2.75) is 13.1 Å². The summed E-state index contributed by atoms with van der Waals surface area (Å²) in [5, 5.41) is 5.32. The molecule has 0 atom stereocenters. The lowest BCUT2D eigenvalue weighted by molar-refractivity contribution is -0.131. The number of para-hydroxylation sites is 1. The van der Waals surface area contributed by atoms with Crippen molar-refractivity contribution in [1.29, 1.82) is 0 Å². The van der Waals surface area contributed by atoms with E-state index in [9.17, 15) is 14.0 Å². The van der Waals surface area contributed by atoms with E-state index in [0.717, 1.165) is 5.39 Å². The molecule has 0 radical (unpaired) electrons. The van der Waals surface area contributed by atoms with Crippen LogP contribution in [0.3, 0.4) is 0 Å². The second-order valence-corrected chi connectivity index (χ2v) is 7.44. The highest BCUT2D eigenvalue weighted by molar-refractivity contribution is 6.02. The molecule has 0 N–H and O–H groups in total. The first kappa shape index (κ1) is 19.2. The molecular weight excluding hydrogens is 399 g/mol. The minimum Gasteiger partial charge on any atom is -0.422 e. The van der Waals surface area contributed by atoms with Gasteiger partial charge in [-0.2, -0.15) is 5.10 Å². The fraction of sp³-hybridized carbons (Fsp3) is 0.174. The molecule has 0 unspecified atom stereocenters. The Morgan fingerprint density at radius 3 is 2.77 bits per heavy atom. The first-order chi connectivity index (χ1) is 15.1. The zero-order chi connectivity index (χ0) is 21.4. The number of rotatable bonds is 4.